The van der Waals surface area contributed by atoms with Crippen LogP contribution in [0.25, 0.3) is 11.1 Å². The van der Waals surface area contributed by atoms with Crippen LogP contribution >= 0.6 is 11.3 Å². The topological polar surface area (TPSA) is 64.6 Å². The standard InChI is InChI=1S/C29H35NO4S/c1-6-33-27(31)14-15-30-29(32)26-13-12-25(35-26)24(16-19(2)3)34-23-17-20(4)28(21(5)18-23)22-10-8-7-9-11-22/h7-13,17-19,24H,6,14-16H2,1-5H3,(H,30,32). The summed E-state index contributed by atoms with van der Waals surface area (Å²) in [7, 11) is 0. The third-order valence-corrected chi connectivity index (χ3v) is 6.80. The van der Waals surface area contributed by atoms with Crippen LogP contribution < -0.4 is 10.1 Å². The minimum absolute atomic E-state index is 0.151. The van der Waals surface area contributed by atoms with E-state index < -0.39 is 0 Å². The van der Waals surface area contributed by atoms with Gasteiger partial charge in [-0.1, -0.05) is 44.2 Å². The zero-order chi connectivity index (χ0) is 25.4. The summed E-state index contributed by atoms with van der Waals surface area (Å²) in [5, 5.41) is 2.80. The molecule has 35 heavy (non-hydrogen) atoms. The normalized spacial score (nSPS) is 11.8. The number of amides is 1. The van der Waals surface area contributed by atoms with Crippen LogP contribution in [0.3, 0.4) is 0 Å². The molecule has 0 fully saturated rings. The van der Waals surface area contributed by atoms with Crippen LogP contribution in [0.5, 0.6) is 5.75 Å². The van der Waals surface area contributed by atoms with Gasteiger partial charge in [0.1, 0.15) is 11.9 Å². The molecule has 0 radical (unpaired) electrons. The van der Waals surface area contributed by atoms with Crippen molar-refractivity contribution in [1.29, 1.82) is 0 Å². The van der Waals surface area contributed by atoms with E-state index in [1.54, 1.807) is 6.92 Å². The summed E-state index contributed by atoms with van der Waals surface area (Å²) in [6.45, 7) is 10.9. The molecule has 0 saturated carbocycles. The van der Waals surface area contributed by atoms with Gasteiger partial charge in [0.05, 0.1) is 17.9 Å². The molecule has 3 rings (SSSR count). The van der Waals surface area contributed by atoms with Gasteiger partial charge >= 0.3 is 5.97 Å². The molecule has 0 bridgehead atoms. The molecule has 5 nitrogen and oxygen atoms in total. The van der Waals surface area contributed by atoms with Crippen LogP contribution in [0, 0.1) is 19.8 Å². The Morgan fingerprint density at radius 3 is 2.31 bits per heavy atom. The molecule has 0 aliphatic heterocycles. The van der Waals surface area contributed by atoms with Gasteiger partial charge in [-0.25, -0.2) is 0 Å². The number of aryl methyl sites for hydroxylation is 2. The summed E-state index contributed by atoms with van der Waals surface area (Å²) in [5.74, 6) is 0.760. The van der Waals surface area contributed by atoms with Gasteiger partial charge in [-0.05, 0) is 79.6 Å². The highest BCUT2D eigenvalue weighted by Crippen LogP contribution is 2.36. The van der Waals surface area contributed by atoms with Crippen LogP contribution in [-0.4, -0.2) is 25.0 Å². The molecule has 1 unspecified atom stereocenters. The number of esters is 1. The minimum Gasteiger partial charge on any atom is -0.485 e. The van der Waals surface area contributed by atoms with Crippen molar-refractivity contribution in [3.63, 3.8) is 0 Å². The molecular formula is C29H35NO4S. The number of carbonyl (C=O) groups is 2. The molecule has 186 valence electrons. The van der Waals surface area contributed by atoms with Crippen molar-refractivity contribution in [3.05, 3.63) is 75.5 Å². The number of thiophene rings is 1. The van der Waals surface area contributed by atoms with E-state index in [1.165, 1.54) is 33.6 Å². The predicted octanol–water partition coefficient (Wildman–Crippen LogP) is 6.88. The number of hydrogen-bond acceptors (Lipinski definition) is 5. The average molecular weight is 494 g/mol. The summed E-state index contributed by atoms with van der Waals surface area (Å²) < 4.78 is 11.4. The van der Waals surface area contributed by atoms with Crippen molar-refractivity contribution in [2.24, 2.45) is 5.92 Å². The Balaban J connectivity index is 1.74. The Labute approximate surface area is 212 Å². The van der Waals surface area contributed by atoms with Gasteiger partial charge in [0.15, 0.2) is 0 Å². The summed E-state index contributed by atoms with van der Waals surface area (Å²) in [4.78, 5) is 25.7. The summed E-state index contributed by atoms with van der Waals surface area (Å²) in [6.07, 6.45) is 0.847. The maximum Gasteiger partial charge on any atom is 0.307 e. The number of ether oxygens (including phenoxy) is 2. The highest BCUT2D eigenvalue weighted by Gasteiger charge is 2.21. The van der Waals surface area contributed by atoms with Gasteiger partial charge in [0.2, 0.25) is 0 Å². The van der Waals surface area contributed by atoms with E-state index in [0.717, 1.165) is 17.0 Å². The van der Waals surface area contributed by atoms with Gasteiger partial charge < -0.3 is 14.8 Å². The lowest BCUT2D eigenvalue weighted by Gasteiger charge is -2.21. The molecule has 1 N–H and O–H groups in total. The van der Waals surface area contributed by atoms with Crippen molar-refractivity contribution in [3.8, 4) is 16.9 Å². The second kappa shape index (κ2) is 12.5. The van der Waals surface area contributed by atoms with Crippen LogP contribution in [0.2, 0.25) is 0 Å². The van der Waals surface area contributed by atoms with Gasteiger partial charge in [0, 0.05) is 11.4 Å². The maximum absolute atomic E-state index is 12.6. The fourth-order valence-electron chi connectivity index (χ4n) is 4.11. The van der Waals surface area contributed by atoms with Gasteiger partial charge in [0.25, 0.3) is 5.91 Å². The van der Waals surface area contributed by atoms with Crippen molar-refractivity contribution >= 4 is 23.2 Å². The maximum atomic E-state index is 12.6. The number of benzene rings is 2. The molecule has 3 aromatic rings. The first kappa shape index (κ1) is 26.5. The van der Waals surface area contributed by atoms with E-state index in [-0.39, 0.29) is 30.9 Å². The average Bonchev–Trinajstić information content (AvgIpc) is 3.29. The molecule has 1 heterocycles. The first-order valence-electron chi connectivity index (χ1n) is 12.1. The van der Waals surface area contributed by atoms with Crippen LogP contribution in [0.4, 0.5) is 0 Å². The number of nitrogens with one attached hydrogen (secondary N) is 1. The largest absolute Gasteiger partial charge is 0.485 e. The second-order valence-electron chi connectivity index (χ2n) is 9.05. The Kier molecular flexibility index (Phi) is 9.49. The summed E-state index contributed by atoms with van der Waals surface area (Å²) in [5.41, 5.74) is 4.77. The van der Waals surface area contributed by atoms with Crippen LogP contribution in [0.1, 0.15) is 65.4 Å². The first-order chi connectivity index (χ1) is 16.8. The van der Waals surface area contributed by atoms with Crippen molar-refractivity contribution in [1.82, 2.24) is 5.32 Å². The zero-order valence-electron chi connectivity index (χ0n) is 21.2. The monoisotopic (exact) mass is 493 g/mol. The van der Waals surface area contributed by atoms with Crippen molar-refractivity contribution < 1.29 is 19.1 Å². The zero-order valence-corrected chi connectivity index (χ0v) is 22.0. The number of carbonyl (C=O) groups excluding carboxylic acids is 2. The highest BCUT2D eigenvalue weighted by atomic mass is 32.1. The smallest absolute Gasteiger partial charge is 0.307 e. The summed E-state index contributed by atoms with van der Waals surface area (Å²) >= 11 is 1.43. The fraction of sp³-hybridized carbons (Fsp3) is 0.379. The van der Waals surface area contributed by atoms with Crippen molar-refractivity contribution in [2.45, 2.75) is 53.6 Å². The van der Waals surface area contributed by atoms with Crippen LogP contribution in [-0.2, 0) is 9.53 Å². The molecule has 0 aliphatic carbocycles. The number of hydrogen-bond donors (Lipinski definition) is 1. The molecule has 0 spiro atoms. The lowest BCUT2D eigenvalue weighted by atomic mass is 9.95. The van der Waals surface area contributed by atoms with E-state index in [2.05, 4.69) is 69.4 Å². The Morgan fingerprint density at radius 1 is 1.00 bits per heavy atom. The molecule has 0 aliphatic rings. The van der Waals surface area contributed by atoms with E-state index in [0.29, 0.717) is 17.4 Å². The molecular weight excluding hydrogens is 458 g/mol. The summed E-state index contributed by atoms with van der Waals surface area (Å²) in [6, 6.07) is 18.4. The molecule has 6 heteroatoms. The van der Waals surface area contributed by atoms with Crippen LogP contribution in [0.15, 0.2) is 54.6 Å². The lowest BCUT2D eigenvalue weighted by Crippen LogP contribution is -2.25. The molecule has 1 atom stereocenters. The van der Waals surface area contributed by atoms with E-state index >= 15 is 0 Å². The number of rotatable bonds is 11. The van der Waals surface area contributed by atoms with E-state index in [4.69, 9.17) is 9.47 Å². The Morgan fingerprint density at radius 2 is 1.69 bits per heavy atom. The molecule has 0 saturated heterocycles. The second-order valence-corrected chi connectivity index (χ2v) is 10.2. The van der Waals surface area contributed by atoms with Gasteiger partial charge in [-0.15, -0.1) is 11.3 Å². The third-order valence-electron chi connectivity index (χ3n) is 5.62. The Hall–Kier alpha value is -3.12. The third kappa shape index (κ3) is 7.43. The lowest BCUT2D eigenvalue weighted by molar-refractivity contribution is -0.142. The van der Waals surface area contributed by atoms with Gasteiger partial charge in [-0.3, -0.25) is 9.59 Å². The molecule has 1 amide bonds. The quantitative estimate of drug-likeness (QED) is 0.296. The highest BCUT2D eigenvalue weighted by molar-refractivity contribution is 7.14. The minimum atomic E-state index is -0.311. The first-order valence-corrected chi connectivity index (χ1v) is 13.0. The molecule has 1 aromatic heterocycles. The van der Waals surface area contributed by atoms with E-state index in [9.17, 15) is 9.59 Å². The Bertz CT molecular complexity index is 1110. The van der Waals surface area contributed by atoms with Gasteiger partial charge in [-0.2, -0.15) is 0 Å². The predicted molar refractivity (Wildman–Crippen MR) is 142 cm³/mol. The van der Waals surface area contributed by atoms with E-state index in [1.807, 2.05) is 18.2 Å². The fourth-order valence-corrected chi connectivity index (χ4v) is 5.08. The van der Waals surface area contributed by atoms with Crippen molar-refractivity contribution in [2.75, 3.05) is 13.2 Å². The SMILES string of the molecule is CCOC(=O)CCNC(=O)c1ccc(C(CC(C)C)Oc2cc(C)c(-c3ccccc3)c(C)c2)s1. The molecule has 2 aromatic carbocycles.